The Bertz CT molecular complexity index is 1330. The first-order valence-electron chi connectivity index (χ1n) is 11.5. The molecular weight excluding hydrogens is 386 g/mol. The molecule has 4 aromatic rings. The number of rotatable bonds is 3. The van der Waals surface area contributed by atoms with Crippen molar-refractivity contribution in [1.82, 2.24) is 0 Å². The highest BCUT2D eigenvalue weighted by atomic mass is 15.1. The van der Waals surface area contributed by atoms with E-state index in [0.29, 0.717) is 0 Å². The van der Waals surface area contributed by atoms with E-state index in [2.05, 4.69) is 125 Å². The summed E-state index contributed by atoms with van der Waals surface area (Å²) in [6.45, 7) is 13.4. The summed E-state index contributed by atoms with van der Waals surface area (Å²) in [5.74, 6) is 0. The minimum Gasteiger partial charge on any atom is -0.310 e. The van der Waals surface area contributed by atoms with Crippen LogP contribution in [0.5, 0.6) is 0 Å². The van der Waals surface area contributed by atoms with Crippen molar-refractivity contribution in [3.05, 3.63) is 112 Å². The molecule has 0 heterocycles. The second kappa shape index (κ2) is 7.38. The molecule has 160 valence electrons. The van der Waals surface area contributed by atoms with E-state index < -0.39 is 0 Å². The molecule has 0 radical (unpaired) electrons. The molecule has 0 saturated heterocycles. The summed E-state index contributed by atoms with van der Waals surface area (Å²) in [7, 11) is 0. The third-order valence-electron chi connectivity index (χ3n) is 7.11. The van der Waals surface area contributed by atoms with Crippen LogP contribution in [-0.2, 0) is 5.41 Å². The molecule has 0 bridgehead atoms. The Morgan fingerprint density at radius 1 is 0.500 bits per heavy atom. The Labute approximate surface area is 192 Å². The quantitative estimate of drug-likeness (QED) is 0.322. The lowest BCUT2D eigenvalue weighted by molar-refractivity contribution is 0.660. The summed E-state index contributed by atoms with van der Waals surface area (Å²) in [6.07, 6.45) is 0. The van der Waals surface area contributed by atoms with E-state index in [4.69, 9.17) is 0 Å². The number of nitrogens with zero attached hydrogens (tertiary/aromatic N) is 1. The fourth-order valence-corrected chi connectivity index (χ4v) is 4.98. The van der Waals surface area contributed by atoms with E-state index in [-0.39, 0.29) is 5.41 Å². The Morgan fingerprint density at radius 3 is 1.72 bits per heavy atom. The predicted octanol–water partition coefficient (Wildman–Crippen LogP) is 8.70. The minimum absolute atomic E-state index is 0.0190. The highest BCUT2D eigenvalue weighted by Crippen LogP contribution is 2.50. The topological polar surface area (TPSA) is 3.24 Å². The smallest absolute Gasteiger partial charge is 0.0465 e. The van der Waals surface area contributed by atoms with E-state index in [0.717, 1.165) is 0 Å². The fourth-order valence-electron chi connectivity index (χ4n) is 4.98. The van der Waals surface area contributed by atoms with Crippen LogP contribution in [0, 0.1) is 27.7 Å². The predicted molar refractivity (Wildman–Crippen MR) is 138 cm³/mol. The van der Waals surface area contributed by atoms with Gasteiger partial charge < -0.3 is 4.90 Å². The summed E-state index contributed by atoms with van der Waals surface area (Å²) < 4.78 is 0. The Kier molecular flexibility index (Phi) is 4.74. The number of hydrogen-bond acceptors (Lipinski definition) is 1. The molecule has 0 aromatic heterocycles. The summed E-state index contributed by atoms with van der Waals surface area (Å²) in [4.78, 5) is 2.39. The third-order valence-corrected chi connectivity index (χ3v) is 7.11. The van der Waals surface area contributed by atoms with Crippen molar-refractivity contribution in [3.8, 4) is 11.1 Å². The van der Waals surface area contributed by atoms with E-state index in [1.54, 1.807) is 0 Å². The molecule has 0 aliphatic heterocycles. The molecule has 0 saturated carbocycles. The van der Waals surface area contributed by atoms with Crippen LogP contribution in [0.2, 0.25) is 0 Å². The first-order chi connectivity index (χ1) is 15.3. The number of benzene rings is 4. The summed E-state index contributed by atoms with van der Waals surface area (Å²) in [6, 6.07) is 29.5. The maximum atomic E-state index is 2.40. The number of hydrogen-bond donors (Lipinski definition) is 0. The molecule has 4 aromatic carbocycles. The first kappa shape index (κ1) is 20.6. The number of aryl methyl sites for hydroxylation is 4. The van der Waals surface area contributed by atoms with Gasteiger partial charge in [-0.15, -0.1) is 0 Å². The van der Waals surface area contributed by atoms with Gasteiger partial charge in [-0.3, -0.25) is 0 Å². The molecule has 1 aliphatic carbocycles. The van der Waals surface area contributed by atoms with Gasteiger partial charge in [0.25, 0.3) is 0 Å². The number of fused-ring (bicyclic) bond motifs is 3. The van der Waals surface area contributed by atoms with Crippen molar-refractivity contribution >= 4 is 17.1 Å². The second-order valence-electron chi connectivity index (χ2n) is 9.84. The van der Waals surface area contributed by atoms with Crippen LogP contribution in [0.15, 0.2) is 78.9 Å². The van der Waals surface area contributed by atoms with Crippen LogP contribution < -0.4 is 4.90 Å². The molecule has 0 amide bonds. The minimum atomic E-state index is -0.0190. The highest BCUT2D eigenvalue weighted by molar-refractivity contribution is 5.85. The van der Waals surface area contributed by atoms with E-state index >= 15 is 0 Å². The molecule has 1 heteroatoms. The zero-order valence-electron chi connectivity index (χ0n) is 20.0. The van der Waals surface area contributed by atoms with Crippen molar-refractivity contribution < 1.29 is 0 Å². The lowest BCUT2D eigenvalue weighted by Crippen LogP contribution is -2.16. The van der Waals surface area contributed by atoms with Gasteiger partial charge in [0.2, 0.25) is 0 Å². The van der Waals surface area contributed by atoms with Gasteiger partial charge in [0.05, 0.1) is 0 Å². The van der Waals surface area contributed by atoms with Crippen LogP contribution in [-0.4, -0.2) is 0 Å². The fraction of sp³-hybridized carbons (Fsp3) is 0.226. The van der Waals surface area contributed by atoms with Gasteiger partial charge in [0.15, 0.2) is 0 Å². The lowest BCUT2D eigenvalue weighted by atomic mass is 9.82. The molecular formula is C31H31N. The standard InChI is InChI=1S/C31H31N/c1-20-7-11-24(12-8-20)32(25-13-10-22(3)23(4)18-25)26-14-16-28-27-15-9-21(2)17-29(27)31(5,6)30(28)19-26/h7-19H,1-6H3. The molecule has 0 unspecified atom stereocenters. The average Bonchev–Trinajstić information content (AvgIpc) is 2.99. The molecule has 0 atom stereocenters. The maximum Gasteiger partial charge on any atom is 0.0465 e. The van der Waals surface area contributed by atoms with Crippen molar-refractivity contribution in [3.63, 3.8) is 0 Å². The lowest BCUT2D eigenvalue weighted by Gasteiger charge is -2.28. The van der Waals surface area contributed by atoms with Crippen molar-refractivity contribution in [1.29, 1.82) is 0 Å². The monoisotopic (exact) mass is 417 g/mol. The average molecular weight is 418 g/mol. The molecule has 0 spiro atoms. The van der Waals surface area contributed by atoms with E-state index in [1.165, 1.54) is 61.6 Å². The van der Waals surface area contributed by atoms with Crippen LogP contribution in [0.25, 0.3) is 11.1 Å². The highest BCUT2D eigenvalue weighted by Gasteiger charge is 2.36. The van der Waals surface area contributed by atoms with Crippen LogP contribution in [0.4, 0.5) is 17.1 Å². The number of anilines is 3. The van der Waals surface area contributed by atoms with Crippen molar-refractivity contribution in [2.24, 2.45) is 0 Å². The van der Waals surface area contributed by atoms with Gasteiger partial charge in [-0.05, 0) is 97.5 Å². The molecule has 0 fully saturated rings. The largest absolute Gasteiger partial charge is 0.310 e. The van der Waals surface area contributed by atoms with Gasteiger partial charge >= 0.3 is 0 Å². The summed E-state index contributed by atoms with van der Waals surface area (Å²) in [5, 5.41) is 0. The molecule has 1 aliphatic rings. The van der Waals surface area contributed by atoms with Crippen LogP contribution in [0.1, 0.15) is 47.2 Å². The van der Waals surface area contributed by atoms with E-state index in [9.17, 15) is 0 Å². The Hall–Kier alpha value is -3.32. The van der Waals surface area contributed by atoms with Crippen LogP contribution in [0.3, 0.4) is 0 Å². The SMILES string of the molecule is Cc1ccc(N(c2ccc(C)c(C)c2)c2ccc3c(c2)C(C)(C)c2cc(C)ccc2-3)cc1. The van der Waals surface area contributed by atoms with Gasteiger partial charge in [0, 0.05) is 22.5 Å². The van der Waals surface area contributed by atoms with Gasteiger partial charge in [0.1, 0.15) is 0 Å². The van der Waals surface area contributed by atoms with Crippen LogP contribution >= 0.6 is 0 Å². The molecule has 0 N–H and O–H groups in total. The molecule has 1 nitrogen and oxygen atoms in total. The Balaban J connectivity index is 1.70. The third kappa shape index (κ3) is 3.24. The van der Waals surface area contributed by atoms with Gasteiger partial charge in [-0.25, -0.2) is 0 Å². The summed E-state index contributed by atoms with van der Waals surface area (Å²) in [5.41, 5.74) is 14.3. The summed E-state index contributed by atoms with van der Waals surface area (Å²) >= 11 is 0. The first-order valence-corrected chi connectivity index (χ1v) is 11.5. The van der Waals surface area contributed by atoms with Gasteiger partial charge in [-0.2, -0.15) is 0 Å². The Morgan fingerprint density at radius 2 is 1.03 bits per heavy atom. The normalized spacial score (nSPS) is 13.6. The zero-order chi connectivity index (χ0) is 22.6. The van der Waals surface area contributed by atoms with Crippen molar-refractivity contribution in [2.45, 2.75) is 47.0 Å². The van der Waals surface area contributed by atoms with Gasteiger partial charge in [-0.1, -0.05) is 67.4 Å². The molecule has 5 rings (SSSR count). The van der Waals surface area contributed by atoms with E-state index in [1.807, 2.05) is 0 Å². The zero-order valence-corrected chi connectivity index (χ0v) is 20.0. The molecule has 32 heavy (non-hydrogen) atoms. The second-order valence-corrected chi connectivity index (χ2v) is 9.84. The van der Waals surface area contributed by atoms with Crippen molar-refractivity contribution in [2.75, 3.05) is 4.90 Å². The maximum absolute atomic E-state index is 2.40.